The second-order valence-electron chi connectivity index (χ2n) is 9.95. The van der Waals surface area contributed by atoms with Crippen LogP contribution in [0.3, 0.4) is 0 Å². The predicted molar refractivity (Wildman–Crippen MR) is 151 cm³/mol. The van der Waals surface area contributed by atoms with Crippen molar-refractivity contribution in [1.82, 2.24) is 14.5 Å². The van der Waals surface area contributed by atoms with Crippen LogP contribution in [-0.4, -0.2) is 32.2 Å². The van der Waals surface area contributed by atoms with Crippen LogP contribution in [0.4, 0.5) is 0 Å². The number of carbonyl (C=O) groups is 2. The molecule has 0 bridgehead atoms. The molecule has 6 nitrogen and oxygen atoms in total. The van der Waals surface area contributed by atoms with Crippen molar-refractivity contribution >= 4 is 22.8 Å². The molecular formula is C32H31N3O3. The first kappa shape index (κ1) is 25.1. The quantitative estimate of drug-likeness (QED) is 0.244. The summed E-state index contributed by atoms with van der Waals surface area (Å²) in [6.07, 6.45) is 4.32. The third kappa shape index (κ3) is 5.11. The van der Waals surface area contributed by atoms with Gasteiger partial charge in [0.1, 0.15) is 11.7 Å². The van der Waals surface area contributed by atoms with Gasteiger partial charge < -0.3 is 19.6 Å². The summed E-state index contributed by atoms with van der Waals surface area (Å²) >= 11 is 0. The van der Waals surface area contributed by atoms with Gasteiger partial charge in [0, 0.05) is 41.1 Å². The topological polar surface area (TPSA) is 76.3 Å². The first-order chi connectivity index (χ1) is 18.4. The van der Waals surface area contributed by atoms with Crippen LogP contribution in [0, 0.1) is 5.92 Å². The summed E-state index contributed by atoms with van der Waals surface area (Å²) < 4.78 is 4.04. The average Bonchev–Trinajstić information content (AvgIpc) is 3.56. The molecule has 0 aliphatic heterocycles. The van der Waals surface area contributed by atoms with Crippen molar-refractivity contribution in [1.29, 1.82) is 0 Å². The lowest BCUT2D eigenvalue weighted by Crippen LogP contribution is -2.42. The molecule has 6 heteroatoms. The number of hydrogen-bond donors (Lipinski definition) is 2. The van der Waals surface area contributed by atoms with Gasteiger partial charge >= 0.3 is 5.97 Å². The summed E-state index contributed by atoms with van der Waals surface area (Å²) in [7, 11) is 0. The molecule has 1 amide bonds. The smallest absolute Gasteiger partial charge is 0.326 e. The monoisotopic (exact) mass is 505 g/mol. The Morgan fingerprint density at radius 2 is 1.53 bits per heavy atom. The zero-order valence-corrected chi connectivity index (χ0v) is 21.5. The number of rotatable bonds is 9. The van der Waals surface area contributed by atoms with E-state index in [0.717, 1.165) is 33.3 Å². The molecule has 5 rings (SSSR count). The van der Waals surface area contributed by atoms with Gasteiger partial charge in [-0.3, -0.25) is 4.79 Å². The Bertz CT molecular complexity index is 1550. The van der Waals surface area contributed by atoms with Crippen molar-refractivity contribution in [3.05, 3.63) is 115 Å². The Labute approximate surface area is 222 Å². The Morgan fingerprint density at radius 1 is 0.868 bits per heavy atom. The van der Waals surface area contributed by atoms with Crippen LogP contribution in [0.2, 0.25) is 0 Å². The van der Waals surface area contributed by atoms with Gasteiger partial charge in [0.25, 0.3) is 5.91 Å². The third-order valence-electron chi connectivity index (χ3n) is 6.72. The molecule has 0 fully saturated rings. The van der Waals surface area contributed by atoms with Gasteiger partial charge in [-0.1, -0.05) is 74.5 Å². The van der Waals surface area contributed by atoms with Crippen molar-refractivity contribution in [2.24, 2.45) is 5.92 Å². The minimum Gasteiger partial charge on any atom is -0.480 e. The van der Waals surface area contributed by atoms with Crippen LogP contribution in [-0.2, 0) is 11.3 Å². The molecule has 5 aromatic rings. The normalized spacial score (nSPS) is 12.1. The van der Waals surface area contributed by atoms with Crippen LogP contribution < -0.4 is 5.32 Å². The second-order valence-corrected chi connectivity index (χ2v) is 9.95. The molecule has 3 aromatic carbocycles. The zero-order valence-electron chi connectivity index (χ0n) is 21.5. The van der Waals surface area contributed by atoms with Crippen molar-refractivity contribution in [2.45, 2.75) is 32.9 Å². The Balaban J connectivity index is 1.75. The maximum absolute atomic E-state index is 14.0. The zero-order chi connectivity index (χ0) is 26.6. The lowest BCUT2D eigenvalue weighted by atomic mass is 10.00. The van der Waals surface area contributed by atoms with E-state index in [9.17, 15) is 14.7 Å². The van der Waals surface area contributed by atoms with Gasteiger partial charge in [-0.25, -0.2) is 4.79 Å². The van der Waals surface area contributed by atoms with E-state index in [1.165, 1.54) is 0 Å². The number of carboxylic acids is 1. The molecule has 2 N–H and O–H groups in total. The van der Waals surface area contributed by atoms with Crippen LogP contribution in [0.15, 0.2) is 103 Å². The SMILES string of the molecule is CC(C)C[C@H](NC(=O)c1c(-c2ccccc2)c2cc(-n3cccc3)ccc2n1Cc1ccccc1)C(=O)O. The molecule has 0 saturated heterocycles. The number of aromatic nitrogens is 2. The molecule has 2 aromatic heterocycles. The molecule has 0 spiro atoms. The van der Waals surface area contributed by atoms with E-state index in [0.29, 0.717) is 18.7 Å². The molecule has 0 aliphatic carbocycles. The Morgan fingerprint density at radius 3 is 2.16 bits per heavy atom. The van der Waals surface area contributed by atoms with E-state index in [1.54, 1.807) is 0 Å². The van der Waals surface area contributed by atoms with E-state index in [4.69, 9.17) is 0 Å². The highest BCUT2D eigenvalue weighted by atomic mass is 16.4. The highest BCUT2D eigenvalue weighted by molar-refractivity contribution is 6.11. The van der Waals surface area contributed by atoms with Crippen LogP contribution in [0.5, 0.6) is 0 Å². The van der Waals surface area contributed by atoms with Gasteiger partial charge in [-0.2, -0.15) is 0 Å². The lowest BCUT2D eigenvalue weighted by molar-refractivity contribution is -0.139. The minimum absolute atomic E-state index is 0.115. The fraction of sp³-hybridized carbons (Fsp3) is 0.188. The molecule has 0 radical (unpaired) electrons. The number of carbonyl (C=O) groups excluding carboxylic acids is 1. The van der Waals surface area contributed by atoms with E-state index in [2.05, 4.69) is 11.4 Å². The van der Waals surface area contributed by atoms with Crippen LogP contribution >= 0.6 is 0 Å². The van der Waals surface area contributed by atoms with E-state index >= 15 is 0 Å². The number of nitrogens with zero attached hydrogens (tertiary/aromatic N) is 2. The molecule has 2 heterocycles. The van der Waals surface area contributed by atoms with Crippen molar-refractivity contribution in [3.8, 4) is 16.8 Å². The summed E-state index contributed by atoms with van der Waals surface area (Å²) in [4.78, 5) is 26.1. The summed E-state index contributed by atoms with van der Waals surface area (Å²) in [5.74, 6) is -1.32. The standard InChI is InChI=1S/C32H31N3O3/c1-22(2)19-27(32(37)38)33-31(36)30-29(24-13-7-4-8-14-24)26-20-25(34-17-9-10-18-34)15-16-28(26)35(30)21-23-11-5-3-6-12-23/h3-18,20,22,27H,19,21H2,1-2H3,(H,33,36)(H,37,38)/t27-/m0/s1. The maximum Gasteiger partial charge on any atom is 0.326 e. The summed E-state index contributed by atoms with van der Waals surface area (Å²) in [6, 6.07) is 29.0. The van der Waals surface area contributed by atoms with Crippen molar-refractivity contribution in [2.75, 3.05) is 0 Å². The van der Waals surface area contributed by atoms with E-state index < -0.39 is 17.9 Å². The van der Waals surface area contributed by atoms with Gasteiger partial charge in [0.2, 0.25) is 0 Å². The summed E-state index contributed by atoms with van der Waals surface area (Å²) in [6.45, 7) is 4.37. The van der Waals surface area contributed by atoms with Gasteiger partial charge in [-0.15, -0.1) is 0 Å². The molecule has 38 heavy (non-hydrogen) atoms. The van der Waals surface area contributed by atoms with Gasteiger partial charge in [-0.05, 0) is 53.8 Å². The van der Waals surface area contributed by atoms with E-state index in [1.807, 2.05) is 120 Å². The molecule has 1 atom stereocenters. The largest absolute Gasteiger partial charge is 0.480 e. The number of amides is 1. The molecular weight excluding hydrogens is 474 g/mol. The van der Waals surface area contributed by atoms with Crippen LogP contribution in [0.25, 0.3) is 27.7 Å². The highest BCUT2D eigenvalue weighted by Gasteiger charge is 2.28. The number of nitrogens with one attached hydrogen (secondary N) is 1. The highest BCUT2D eigenvalue weighted by Crippen LogP contribution is 2.37. The fourth-order valence-electron chi connectivity index (χ4n) is 4.99. The number of fused-ring (bicyclic) bond motifs is 1. The average molecular weight is 506 g/mol. The number of benzene rings is 3. The first-order valence-electron chi connectivity index (χ1n) is 12.8. The predicted octanol–water partition coefficient (Wildman–Crippen LogP) is 6.38. The molecule has 0 aliphatic rings. The van der Waals surface area contributed by atoms with Crippen molar-refractivity contribution in [3.63, 3.8) is 0 Å². The number of aliphatic carboxylic acids is 1. The second kappa shape index (κ2) is 10.8. The molecule has 0 unspecified atom stereocenters. The van der Waals surface area contributed by atoms with Crippen molar-refractivity contribution < 1.29 is 14.7 Å². The minimum atomic E-state index is -1.03. The third-order valence-corrected chi connectivity index (χ3v) is 6.72. The maximum atomic E-state index is 14.0. The molecule has 192 valence electrons. The van der Waals surface area contributed by atoms with E-state index in [-0.39, 0.29) is 5.92 Å². The van der Waals surface area contributed by atoms with Gasteiger partial charge in [0.05, 0.1) is 0 Å². The summed E-state index contributed by atoms with van der Waals surface area (Å²) in [5, 5.41) is 13.6. The lowest BCUT2D eigenvalue weighted by Gasteiger charge is -2.18. The summed E-state index contributed by atoms with van der Waals surface area (Å²) in [5.41, 5.74) is 5.07. The fourth-order valence-corrected chi connectivity index (χ4v) is 4.99. The Hall–Kier alpha value is -4.58. The van der Waals surface area contributed by atoms with Crippen LogP contribution in [0.1, 0.15) is 36.3 Å². The number of hydrogen-bond acceptors (Lipinski definition) is 2. The number of carboxylic acid groups (broad SMARTS) is 1. The Kier molecular flexibility index (Phi) is 7.13. The first-order valence-corrected chi connectivity index (χ1v) is 12.8. The van der Waals surface area contributed by atoms with Gasteiger partial charge in [0.15, 0.2) is 0 Å². The molecule has 0 saturated carbocycles.